The van der Waals surface area contributed by atoms with Crippen LogP contribution in [-0.4, -0.2) is 16.9 Å². The molecular formula is C7H4ClFN2S. The zero-order valence-electron chi connectivity index (χ0n) is 5.84. The van der Waals surface area contributed by atoms with Gasteiger partial charge in [-0.3, -0.25) is 0 Å². The Morgan fingerprint density at radius 2 is 2.33 bits per heavy atom. The first kappa shape index (κ1) is 7.89. The molecule has 0 amide bonds. The molecule has 0 saturated carbocycles. The maximum atomic E-state index is 13.1. The van der Waals surface area contributed by atoms with Gasteiger partial charge in [-0.05, 0) is 24.4 Å². The molecule has 12 heavy (non-hydrogen) atoms. The minimum absolute atomic E-state index is 0.307. The summed E-state index contributed by atoms with van der Waals surface area (Å²) in [4.78, 5) is 3.91. The predicted octanol–water partition coefficient (Wildman–Crippen LogP) is 1.67. The van der Waals surface area contributed by atoms with Crippen molar-refractivity contribution in [2.24, 2.45) is 4.99 Å². The van der Waals surface area contributed by atoms with Crippen molar-refractivity contribution in [1.82, 2.24) is 5.32 Å². The number of hydrogen-bond acceptors (Lipinski definition) is 1. The van der Waals surface area contributed by atoms with Crippen LogP contribution >= 0.6 is 23.8 Å². The number of nitrogens with one attached hydrogen (secondary N) is 1. The lowest BCUT2D eigenvalue weighted by Gasteiger charge is -2.12. The Hall–Kier alpha value is -0.740. The molecule has 0 spiro atoms. The van der Waals surface area contributed by atoms with E-state index in [2.05, 4.69) is 10.3 Å². The summed E-state index contributed by atoms with van der Waals surface area (Å²) in [6, 6.07) is -0.514. The van der Waals surface area contributed by atoms with Crippen molar-refractivity contribution in [3.63, 3.8) is 0 Å². The first-order valence-electron chi connectivity index (χ1n) is 3.30. The van der Waals surface area contributed by atoms with Gasteiger partial charge >= 0.3 is 0 Å². The van der Waals surface area contributed by atoms with E-state index >= 15 is 0 Å². The second-order valence-electron chi connectivity index (χ2n) is 2.48. The topological polar surface area (TPSA) is 24.4 Å². The molecule has 0 aromatic rings. The molecule has 1 atom stereocenters. The maximum Gasteiger partial charge on any atom is 0.193 e. The van der Waals surface area contributed by atoms with Gasteiger partial charge in [0.05, 0.1) is 5.71 Å². The largest absolute Gasteiger partial charge is 0.346 e. The van der Waals surface area contributed by atoms with E-state index in [0.29, 0.717) is 15.9 Å². The number of rotatable bonds is 0. The van der Waals surface area contributed by atoms with Gasteiger partial charge in [0.15, 0.2) is 5.11 Å². The van der Waals surface area contributed by atoms with Crippen LogP contribution < -0.4 is 5.32 Å². The van der Waals surface area contributed by atoms with Crippen LogP contribution in [0.2, 0.25) is 0 Å². The number of hydrogen-bond donors (Lipinski definition) is 1. The summed E-state index contributed by atoms with van der Waals surface area (Å²) in [6.45, 7) is 0. The van der Waals surface area contributed by atoms with Crippen LogP contribution in [0.25, 0.3) is 0 Å². The molecule has 0 fully saturated rings. The molecule has 2 aliphatic rings. The van der Waals surface area contributed by atoms with Gasteiger partial charge in [-0.2, -0.15) is 0 Å². The highest BCUT2D eigenvalue weighted by molar-refractivity contribution is 7.80. The fourth-order valence-electron chi connectivity index (χ4n) is 1.14. The Labute approximate surface area is 78.8 Å². The number of aliphatic imine (C=N–C) groups is 1. The first-order chi connectivity index (χ1) is 5.66. The summed E-state index contributed by atoms with van der Waals surface area (Å²) >= 11 is 10.4. The van der Waals surface area contributed by atoms with Gasteiger partial charge in [-0.15, -0.1) is 0 Å². The standard InChI is InChI=1S/C7H4ClFN2S/c8-3-1-4(9)6-5(2-3)10-7(12)11-6/h1-2,6H,(H,11,12). The Balaban J connectivity index is 2.44. The van der Waals surface area contributed by atoms with Crippen molar-refractivity contribution < 1.29 is 4.39 Å². The molecule has 2 nitrogen and oxygen atoms in total. The van der Waals surface area contributed by atoms with Gasteiger partial charge < -0.3 is 5.32 Å². The molecule has 1 aliphatic heterocycles. The quantitative estimate of drug-likeness (QED) is 0.605. The highest BCUT2D eigenvalue weighted by Crippen LogP contribution is 2.22. The van der Waals surface area contributed by atoms with E-state index in [9.17, 15) is 4.39 Å². The Morgan fingerprint density at radius 1 is 1.58 bits per heavy atom. The van der Waals surface area contributed by atoms with Crippen molar-refractivity contribution in [2.75, 3.05) is 0 Å². The molecule has 1 heterocycles. The van der Waals surface area contributed by atoms with Crippen molar-refractivity contribution >= 4 is 34.6 Å². The van der Waals surface area contributed by atoms with E-state index in [1.807, 2.05) is 0 Å². The van der Waals surface area contributed by atoms with Gasteiger partial charge in [0.1, 0.15) is 11.9 Å². The molecule has 0 aromatic carbocycles. The molecule has 1 unspecified atom stereocenters. The Morgan fingerprint density at radius 3 is 3.08 bits per heavy atom. The zero-order chi connectivity index (χ0) is 8.72. The average Bonchev–Trinajstić information content (AvgIpc) is 2.29. The molecule has 1 N–H and O–H groups in total. The number of nitrogens with zero attached hydrogens (tertiary/aromatic N) is 1. The van der Waals surface area contributed by atoms with Crippen LogP contribution in [0.3, 0.4) is 0 Å². The summed E-state index contributed by atoms with van der Waals surface area (Å²) in [5.41, 5.74) is 0.546. The van der Waals surface area contributed by atoms with Crippen LogP contribution in [-0.2, 0) is 0 Å². The molecule has 0 radical (unpaired) electrons. The minimum Gasteiger partial charge on any atom is -0.346 e. The lowest BCUT2D eigenvalue weighted by Crippen LogP contribution is -2.33. The minimum atomic E-state index is -0.514. The van der Waals surface area contributed by atoms with Crippen LogP contribution in [0.15, 0.2) is 28.0 Å². The lowest BCUT2D eigenvalue weighted by atomic mass is 10.1. The van der Waals surface area contributed by atoms with Crippen LogP contribution in [0.1, 0.15) is 0 Å². The Kier molecular flexibility index (Phi) is 1.73. The second kappa shape index (κ2) is 2.64. The third-order valence-corrected chi connectivity index (χ3v) is 2.06. The van der Waals surface area contributed by atoms with Crippen LogP contribution in [0, 0.1) is 0 Å². The highest BCUT2D eigenvalue weighted by atomic mass is 35.5. The van der Waals surface area contributed by atoms with Crippen molar-refractivity contribution in [3.8, 4) is 0 Å². The van der Waals surface area contributed by atoms with Gasteiger partial charge in [-0.1, -0.05) is 11.6 Å². The number of fused-ring (bicyclic) bond motifs is 1. The number of thiocarbonyl (C=S) groups is 1. The molecule has 0 aromatic heterocycles. The number of allylic oxidation sites excluding steroid dienone is 2. The van der Waals surface area contributed by atoms with Crippen molar-refractivity contribution in [3.05, 3.63) is 23.0 Å². The molecular weight excluding hydrogens is 199 g/mol. The van der Waals surface area contributed by atoms with Crippen molar-refractivity contribution in [1.29, 1.82) is 0 Å². The van der Waals surface area contributed by atoms with Crippen molar-refractivity contribution in [2.45, 2.75) is 6.04 Å². The van der Waals surface area contributed by atoms with E-state index in [4.69, 9.17) is 23.8 Å². The second-order valence-corrected chi connectivity index (χ2v) is 3.30. The molecule has 0 saturated heterocycles. The summed E-state index contributed by atoms with van der Waals surface area (Å²) < 4.78 is 13.1. The van der Waals surface area contributed by atoms with E-state index in [-0.39, 0.29) is 5.83 Å². The smallest absolute Gasteiger partial charge is 0.193 e. The molecule has 2 rings (SSSR count). The average molecular weight is 203 g/mol. The highest BCUT2D eigenvalue weighted by Gasteiger charge is 2.28. The summed E-state index contributed by atoms with van der Waals surface area (Å²) in [5.74, 6) is -0.346. The maximum absolute atomic E-state index is 13.1. The van der Waals surface area contributed by atoms with Crippen LogP contribution in [0.5, 0.6) is 0 Å². The van der Waals surface area contributed by atoms with Gasteiger partial charge in [-0.25, -0.2) is 9.38 Å². The normalized spacial score (nSPS) is 27.0. The molecule has 5 heteroatoms. The Bertz CT molecular complexity index is 345. The van der Waals surface area contributed by atoms with E-state index in [1.54, 1.807) is 6.08 Å². The summed E-state index contributed by atoms with van der Waals surface area (Å²) in [6.07, 6.45) is 2.85. The zero-order valence-corrected chi connectivity index (χ0v) is 7.42. The SMILES string of the molecule is FC1=CC(Cl)=CC2=NC(=S)NC12. The van der Waals surface area contributed by atoms with E-state index in [0.717, 1.165) is 0 Å². The monoisotopic (exact) mass is 202 g/mol. The predicted molar refractivity (Wildman–Crippen MR) is 50.1 cm³/mol. The van der Waals surface area contributed by atoms with E-state index in [1.165, 1.54) is 6.08 Å². The summed E-state index contributed by atoms with van der Waals surface area (Å²) in [7, 11) is 0. The molecule has 1 aliphatic carbocycles. The molecule has 0 bridgehead atoms. The lowest BCUT2D eigenvalue weighted by molar-refractivity contribution is 0.577. The van der Waals surface area contributed by atoms with Gasteiger partial charge in [0, 0.05) is 5.03 Å². The third kappa shape index (κ3) is 1.17. The third-order valence-electron chi connectivity index (χ3n) is 1.63. The molecule has 62 valence electrons. The number of halogens is 2. The van der Waals surface area contributed by atoms with Crippen LogP contribution in [0.4, 0.5) is 4.39 Å². The first-order valence-corrected chi connectivity index (χ1v) is 4.09. The fourth-order valence-corrected chi connectivity index (χ4v) is 1.57. The fraction of sp³-hybridized carbons (Fsp3) is 0.143. The summed E-state index contributed by atoms with van der Waals surface area (Å²) in [5, 5.41) is 3.36. The van der Waals surface area contributed by atoms with E-state index < -0.39 is 6.04 Å². The van der Waals surface area contributed by atoms with Gasteiger partial charge in [0.2, 0.25) is 0 Å². The van der Waals surface area contributed by atoms with Gasteiger partial charge in [0.25, 0.3) is 0 Å².